The zero-order chi connectivity index (χ0) is 63.9. The van der Waals surface area contributed by atoms with Gasteiger partial charge in [-0.25, -0.2) is 0 Å². The Morgan fingerprint density at radius 3 is 0.735 bits per heavy atom. The van der Waals surface area contributed by atoms with Crippen LogP contribution in [-0.4, -0.2) is 106 Å². The first-order valence-electron chi connectivity index (χ1n) is 20.7. The van der Waals surface area contributed by atoms with E-state index in [0.29, 0.717) is 0 Å². The van der Waals surface area contributed by atoms with Crippen molar-refractivity contribution in [3.8, 4) is 11.5 Å². The van der Waals surface area contributed by atoms with Gasteiger partial charge >= 0.3 is 95.3 Å². The van der Waals surface area contributed by atoms with Gasteiger partial charge in [0.05, 0.1) is 0 Å². The number of rotatable bonds is 21. The zero-order valence-electron chi connectivity index (χ0n) is 38.6. The number of hydrogen-bond donors (Lipinski definition) is 2. The molecule has 465 valence electrons. The molecule has 0 saturated heterocycles. The Morgan fingerprint density at radius 2 is 0.506 bits per heavy atom. The maximum Gasteiger partial charge on any atom is 0.460 e. The van der Waals surface area contributed by atoms with Gasteiger partial charge in [0.25, 0.3) is 0 Å². The van der Waals surface area contributed by atoms with Crippen LogP contribution >= 0.6 is 0 Å². The van der Waals surface area contributed by atoms with E-state index in [1.165, 1.54) is 12.1 Å². The molecule has 0 aromatic heterocycles. The van der Waals surface area contributed by atoms with Crippen LogP contribution in [0.4, 0.5) is 149 Å². The Hall–Kier alpha value is -6.04. The van der Waals surface area contributed by atoms with E-state index in [9.17, 15) is 142 Å². The average Bonchev–Trinajstić information content (AvgIpc) is 1.05. The van der Waals surface area contributed by atoms with Crippen molar-refractivity contribution in [2.45, 2.75) is 107 Å². The molecular weight excluding hydrogens is 1290 g/mol. The number of nitrogens with zero attached hydrogens (tertiary/aromatic N) is 2. The summed E-state index contributed by atoms with van der Waals surface area (Å²) in [6, 6.07) is 3.78. The van der Waals surface area contributed by atoms with Crippen LogP contribution in [0.25, 0.3) is 0 Å². The third-order valence-electron chi connectivity index (χ3n) is 11.6. The molecule has 0 amide bonds. The molecule has 4 aromatic carbocycles. The third-order valence-corrected chi connectivity index (χ3v) is 11.6. The Labute approximate surface area is 448 Å². The molecule has 2 N–H and O–H groups in total. The van der Waals surface area contributed by atoms with Gasteiger partial charge in [0.1, 0.15) is 23.6 Å². The van der Waals surface area contributed by atoms with Crippen molar-refractivity contribution >= 4 is 12.4 Å². The molecule has 4 nitrogen and oxygen atoms in total. The molecule has 1 radical (unpaired) electrons. The summed E-state index contributed by atoms with van der Waals surface area (Å²) >= 11 is 0. The number of phenols is 2. The van der Waals surface area contributed by atoms with Gasteiger partial charge in [-0.15, -0.1) is 0 Å². The first kappa shape index (κ1) is 71.2. The molecule has 0 unspecified atom stereocenters. The second kappa shape index (κ2) is 21.8. The summed E-state index contributed by atoms with van der Waals surface area (Å²) in [7, 11) is 0. The summed E-state index contributed by atoms with van der Waals surface area (Å²) in [6.07, 6.45) is -16.0. The number of alkyl halides is 34. The molecule has 0 spiro atoms. The quantitative estimate of drug-likeness (QED) is 0.0496. The number of aliphatic imine (C=N–C) groups is 2. The molecule has 39 heteroatoms. The van der Waals surface area contributed by atoms with Crippen molar-refractivity contribution in [1.29, 1.82) is 0 Å². The van der Waals surface area contributed by atoms with Crippen LogP contribution in [0, 0.1) is 0 Å². The summed E-state index contributed by atoms with van der Waals surface area (Å²) in [5, 5.41) is 20.8. The number of phenolic OH excluding ortho intramolecular Hbond substituents is 2. The maximum atomic E-state index is 15.4. The number of benzene rings is 4. The third kappa shape index (κ3) is 10.8. The van der Waals surface area contributed by atoms with E-state index in [1.54, 1.807) is 0 Å². The van der Waals surface area contributed by atoms with E-state index < -0.39 is 165 Å². The van der Waals surface area contributed by atoms with Crippen molar-refractivity contribution in [3.05, 3.63) is 130 Å². The van der Waals surface area contributed by atoms with E-state index in [2.05, 4.69) is 9.98 Å². The van der Waals surface area contributed by atoms with E-state index in [4.69, 9.17) is 0 Å². The van der Waals surface area contributed by atoms with Crippen molar-refractivity contribution in [2.75, 3.05) is 0 Å². The molecule has 0 fully saturated rings. The van der Waals surface area contributed by atoms with Crippen LogP contribution in [0.5, 0.6) is 11.5 Å². The number of aromatic hydroxyl groups is 2. The minimum Gasteiger partial charge on any atom is -0.507 e. The first-order chi connectivity index (χ1) is 36.4. The van der Waals surface area contributed by atoms with E-state index in [1.807, 2.05) is 0 Å². The molecule has 0 aliphatic heterocycles. The van der Waals surface area contributed by atoms with Gasteiger partial charge in [-0.05, 0) is 47.5 Å². The summed E-state index contributed by atoms with van der Waals surface area (Å²) in [4.78, 5) is 7.62. The Morgan fingerprint density at radius 1 is 0.289 bits per heavy atom. The zero-order valence-corrected chi connectivity index (χ0v) is 39.7. The van der Waals surface area contributed by atoms with Crippen LogP contribution in [0.1, 0.15) is 45.5 Å². The van der Waals surface area contributed by atoms with Crippen molar-refractivity contribution in [1.82, 2.24) is 0 Å². The van der Waals surface area contributed by atoms with Crippen LogP contribution < -0.4 is 0 Å². The molecule has 2 atom stereocenters. The van der Waals surface area contributed by atoms with E-state index in [0.717, 1.165) is 48.5 Å². The Bertz CT molecular complexity index is 2780. The van der Waals surface area contributed by atoms with Gasteiger partial charge < -0.3 is 10.2 Å². The first-order valence-corrected chi connectivity index (χ1v) is 20.7. The molecule has 0 heterocycles. The SMILES string of the molecule is Oc1ccc(C(F)(F)C(F)(F)C(F)(F)C(F)(F)C(F)(F)C(F)(F)C(F)(F)C(F)(F)F)cc1C=N[C@H](c1ccccc1)[C@H](N=Cc1cc(C(F)(F)C(F)(F)C(F)(F)C(F)(F)C(F)(F)C(F)(F)C(F)(F)C(F)(F)F)ccc1O)c1ccccc1.[Mn]. The van der Waals surface area contributed by atoms with Gasteiger partial charge in [-0.1, -0.05) is 60.7 Å². The molecule has 4 rings (SSSR count). The second-order valence-electron chi connectivity index (χ2n) is 16.9. The maximum absolute atomic E-state index is 15.4. The van der Waals surface area contributed by atoms with Gasteiger partial charge in [-0.2, -0.15) is 149 Å². The Kier molecular flexibility index (Phi) is 18.7. The predicted octanol–water partition coefficient (Wildman–Crippen LogP) is 17.0. The van der Waals surface area contributed by atoms with Gasteiger partial charge in [0, 0.05) is 51.8 Å². The second-order valence-corrected chi connectivity index (χ2v) is 16.9. The van der Waals surface area contributed by atoms with Crippen molar-refractivity contribution < 1.29 is 177 Å². The molecule has 83 heavy (non-hydrogen) atoms. The van der Waals surface area contributed by atoms with Gasteiger partial charge in [-0.3, -0.25) is 9.98 Å². The average molecular weight is 1310 g/mol. The largest absolute Gasteiger partial charge is 0.507 e. The van der Waals surface area contributed by atoms with Crippen LogP contribution in [0.3, 0.4) is 0 Å². The van der Waals surface area contributed by atoms with Crippen LogP contribution in [0.2, 0.25) is 0 Å². The fourth-order valence-electron chi connectivity index (χ4n) is 6.72. The topological polar surface area (TPSA) is 65.2 Å². The molecule has 0 aliphatic carbocycles. The molecule has 0 aliphatic rings. The van der Waals surface area contributed by atoms with Crippen molar-refractivity contribution in [2.24, 2.45) is 9.98 Å². The summed E-state index contributed by atoms with van der Waals surface area (Å²) in [5.41, 5.74) is -9.37. The normalized spacial score (nSPS) is 15.9. The summed E-state index contributed by atoms with van der Waals surface area (Å²) in [5.74, 6) is -122. The van der Waals surface area contributed by atoms with E-state index in [-0.39, 0.29) is 52.8 Å². The Balaban J connectivity index is 0.0000181. The van der Waals surface area contributed by atoms with E-state index >= 15 is 17.6 Å². The smallest absolute Gasteiger partial charge is 0.460 e. The molecule has 4 aromatic rings. The fraction of sp³-hybridized carbons (Fsp3) is 0.409. The minimum absolute atomic E-state index is 0. The minimum atomic E-state index is -8.99. The van der Waals surface area contributed by atoms with Gasteiger partial charge in [0.15, 0.2) is 0 Å². The summed E-state index contributed by atoms with van der Waals surface area (Å²) in [6.45, 7) is 0. The molecule has 0 bridgehead atoms. The van der Waals surface area contributed by atoms with Crippen LogP contribution in [0.15, 0.2) is 107 Å². The number of halogens is 34. The summed E-state index contributed by atoms with van der Waals surface area (Å²) < 4.78 is 477. The van der Waals surface area contributed by atoms with Crippen molar-refractivity contribution in [3.63, 3.8) is 0 Å². The van der Waals surface area contributed by atoms with Gasteiger partial charge in [0.2, 0.25) is 0 Å². The number of hydrogen-bond acceptors (Lipinski definition) is 4. The standard InChI is InChI=1S/C44H22F34N2O2.Mn/c45-29(46,31(49,50)33(53,54)35(57,58)37(61,62)39(65,66)41(69,70)43(73,74)75)23-11-13-25(81)21(15-23)17-79-27(19-7-3-1-4-8-19)28(20-9-5-2-6-10-20)80-18-22-16-24(12-14-26(22)82)30(47,48)32(51,52)34(55,56)36(59,60)38(63,64)40(67,68)42(71,72)44(76,77)78;/h1-18,27-28,81-82H;/t27-,28-;/m1./s1. The van der Waals surface area contributed by atoms with Crippen LogP contribution in [-0.2, 0) is 28.9 Å². The monoisotopic (exact) mass is 1310 g/mol. The molecule has 0 saturated carbocycles. The molecular formula is C44H22F34MnN2O2. The fourth-order valence-corrected chi connectivity index (χ4v) is 6.72. The predicted molar refractivity (Wildman–Crippen MR) is 209 cm³/mol.